The zero-order valence-corrected chi connectivity index (χ0v) is 13.0. The number of nitrogens with zero attached hydrogens (tertiary/aromatic N) is 1. The molecule has 1 aromatic rings. The molecule has 0 aromatic heterocycles. The first-order valence-corrected chi connectivity index (χ1v) is 7.26. The Hall–Kier alpha value is -0.620. The lowest BCUT2D eigenvalue weighted by molar-refractivity contribution is -0.101. The van der Waals surface area contributed by atoms with Gasteiger partial charge in [0.2, 0.25) is 0 Å². The second-order valence-corrected chi connectivity index (χ2v) is 6.46. The van der Waals surface area contributed by atoms with Crippen LogP contribution in [0.2, 0.25) is 0 Å². The van der Waals surface area contributed by atoms with Crippen molar-refractivity contribution in [2.75, 3.05) is 24.6 Å². The van der Waals surface area contributed by atoms with Crippen molar-refractivity contribution in [1.82, 2.24) is 0 Å². The number of aliphatic hydroxyl groups excluding tert-OH is 1. The first kappa shape index (κ1) is 14.8. The average molecular weight is 329 g/mol. The van der Waals surface area contributed by atoms with E-state index in [1.54, 1.807) is 0 Å². The first-order chi connectivity index (χ1) is 8.95. The monoisotopic (exact) mass is 328 g/mol. The molecule has 2 rings (SSSR count). The number of hydrogen-bond acceptors (Lipinski definition) is 4. The molecule has 19 heavy (non-hydrogen) atoms. The number of anilines is 1. The van der Waals surface area contributed by atoms with Gasteiger partial charge >= 0.3 is 0 Å². The standard InChI is InChI=1S/C14H21BrN2O2/c1-14(2)9-17(7-12(8-18)19-14)13-4-3-11(15)5-10(13)6-16/h3-5,12,18H,6-9,16H2,1-2H3. The molecule has 1 aliphatic heterocycles. The maximum atomic E-state index is 9.37. The Morgan fingerprint density at radius 3 is 2.89 bits per heavy atom. The van der Waals surface area contributed by atoms with Crippen LogP contribution in [0.3, 0.4) is 0 Å². The summed E-state index contributed by atoms with van der Waals surface area (Å²) in [5.74, 6) is 0. The summed E-state index contributed by atoms with van der Waals surface area (Å²) in [5.41, 5.74) is 7.79. The fourth-order valence-corrected chi connectivity index (χ4v) is 3.01. The van der Waals surface area contributed by atoms with E-state index in [1.165, 1.54) is 0 Å². The molecule has 1 atom stereocenters. The van der Waals surface area contributed by atoms with Gasteiger partial charge in [-0.05, 0) is 37.6 Å². The lowest BCUT2D eigenvalue weighted by Gasteiger charge is -2.44. The van der Waals surface area contributed by atoms with Crippen LogP contribution in [0.15, 0.2) is 22.7 Å². The number of ether oxygens (including phenoxy) is 1. The minimum Gasteiger partial charge on any atom is -0.394 e. The number of halogens is 1. The second-order valence-electron chi connectivity index (χ2n) is 5.54. The number of aliphatic hydroxyl groups is 1. The molecule has 1 saturated heterocycles. The summed E-state index contributed by atoms with van der Waals surface area (Å²) in [4.78, 5) is 2.25. The summed E-state index contributed by atoms with van der Waals surface area (Å²) in [6.45, 7) is 6.10. The maximum absolute atomic E-state index is 9.37. The molecule has 1 aliphatic rings. The number of rotatable bonds is 3. The topological polar surface area (TPSA) is 58.7 Å². The van der Waals surface area contributed by atoms with Crippen molar-refractivity contribution < 1.29 is 9.84 Å². The summed E-state index contributed by atoms with van der Waals surface area (Å²) in [6.07, 6.45) is -0.155. The van der Waals surface area contributed by atoms with Crippen molar-refractivity contribution in [1.29, 1.82) is 0 Å². The van der Waals surface area contributed by atoms with E-state index in [0.29, 0.717) is 13.1 Å². The number of nitrogens with two attached hydrogens (primary N) is 1. The SMILES string of the molecule is CC1(C)CN(c2ccc(Br)cc2CN)CC(CO)O1. The molecular weight excluding hydrogens is 308 g/mol. The van der Waals surface area contributed by atoms with Crippen LogP contribution in [-0.2, 0) is 11.3 Å². The predicted molar refractivity (Wildman–Crippen MR) is 80.3 cm³/mol. The van der Waals surface area contributed by atoms with Crippen molar-refractivity contribution in [3.05, 3.63) is 28.2 Å². The lowest BCUT2D eigenvalue weighted by Crippen LogP contribution is -2.54. The molecule has 0 radical (unpaired) electrons. The van der Waals surface area contributed by atoms with Gasteiger partial charge in [0.15, 0.2) is 0 Å². The van der Waals surface area contributed by atoms with E-state index in [0.717, 1.165) is 22.3 Å². The van der Waals surface area contributed by atoms with E-state index in [2.05, 4.69) is 26.9 Å². The van der Waals surface area contributed by atoms with Gasteiger partial charge in [0.1, 0.15) is 0 Å². The highest BCUT2D eigenvalue weighted by Gasteiger charge is 2.33. The van der Waals surface area contributed by atoms with Gasteiger partial charge in [-0.25, -0.2) is 0 Å². The molecule has 1 fully saturated rings. The first-order valence-electron chi connectivity index (χ1n) is 6.47. The largest absolute Gasteiger partial charge is 0.394 e. The minimum absolute atomic E-state index is 0.0361. The average Bonchev–Trinajstić information content (AvgIpc) is 2.36. The van der Waals surface area contributed by atoms with Crippen LogP contribution < -0.4 is 10.6 Å². The molecule has 3 N–H and O–H groups in total. The molecule has 0 spiro atoms. The molecule has 1 unspecified atom stereocenters. The lowest BCUT2D eigenvalue weighted by atomic mass is 10.0. The Kier molecular flexibility index (Phi) is 4.50. The highest BCUT2D eigenvalue weighted by atomic mass is 79.9. The van der Waals surface area contributed by atoms with Crippen LogP contribution in [0.1, 0.15) is 19.4 Å². The fourth-order valence-electron chi connectivity index (χ4n) is 2.60. The molecule has 0 saturated carbocycles. The van der Waals surface area contributed by atoms with Crippen molar-refractivity contribution in [3.8, 4) is 0 Å². The highest BCUT2D eigenvalue weighted by Crippen LogP contribution is 2.30. The van der Waals surface area contributed by atoms with Crippen LogP contribution in [-0.4, -0.2) is 36.5 Å². The minimum atomic E-state index is -0.273. The van der Waals surface area contributed by atoms with Gasteiger partial charge in [-0.2, -0.15) is 0 Å². The summed E-state index contributed by atoms with van der Waals surface area (Å²) < 4.78 is 6.87. The number of benzene rings is 1. The van der Waals surface area contributed by atoms with Crippen LogP contribution >= 0.6 is 15.9 Å². The Morgan fingerprint density at radius 1 is 1.53 bits per heavy atom. The van der Waals surface area contributed by atoms with E-state index in [4.69, 9.17) is 10.5 Å². The maximum Gasteiger partial charge on any atom is 0.0988 e. The Labute approximate surface area is 122 Å². The smallest absolute Gasteiger partial charge is 0.0988 e. The molecule has 1 heterocycles. The third kappa shape index (κ3) is 3.48. The normalized spacial score (nSPS) is 22.6. The van der Waals surface area contributed by atoms with Gasteiger partial charge in [0.05, 0.1) is 18.3 Å². The fraction of sp³-hybridized carbons (Fsp3) is 0.571. The third-order valence-corrected chi connectivity index (χ3v) is 3.78. The molecule has 1 aromatic carbocycles. The zero-order valence-electron chi connectivity index (χ0n) is 11.4. The van der Waals surface area contributed by atoms with Crippen molar-refractivity contribution in [2.45, 2.75) is 32.1 Å². The molecule has 5 heteroatoms. The molecule has 106 valence electrons. The van der Waals surface area contributed by atoms with Gasteiger partial charge in [-0.3, -0.25) is 0 Å². The Bertz CT molecular complexity index is 451. The Morgan fingerprint density at radius 2 is 2.26 bits per heavy atom. The van der Waals surface area contributed by atoms with E-state index in [1.807, 2.05) is 26.0 Å². The molecular formula is C14H21BrN2O2. The number of hydrogen-bond donors (Lipinski definition) is 2. The van der Waals surface area contributed by atoms with E-state index < -0.39 is 0 Å². The highest BCUT2D eigenvalue weighted by molar-refractivity contribution is 9.10. The number of morpholine rings is 1. The summed E-state index contributed by atoms with van der Waals surface area (Å²) in [6, 6.07) is 6.14. The van der Waals surface area contributed by atoms with Gasteiger partial charge in [0.25, 0.3) is 0 Å². The van der Waals surface area contributed by atoms with Crippen LogP contribution in [0.25, 0.3) is 0 Å². The van der Waals surface area contributed by atoms with Crippen LogP contribution in [0.5, 0.6) is 0 Å². The zero-order chi connectivity index (χ0) is 14.0. The summed E-state index contributed by atoms with van der Waals surface area (Å²) >= 11 is 3.47. The second kappa shape index (κ2) is 5.79. The van der Waals surface area contributed by atoms with Gasteiger partial charge < -0.3 is 20.5 Å². The summed E-state index contributed by atoms with van der Waals surface area (Å²) in [5, 5.41) is 9.37. The molecule has 0 amide bonds. The van der Waals surface area contributed by atoms with Crippen molar-refractivity contribution in [3.63, 3.8) is 0 Å². The quantitative estimate of drug-likeness (QED) is 0.889. The van der Waals surface area contributed by atoms with E-state index in [9.17, 15) is 5.11 Å². The summed E-state index contributed by atoms with van der Waals surface area (Å²) in [7, 11) is 0. The molecule has 0 aliphatic carbocycles. The molecule has 4 nitrogen and oxygen atoms in total. The van der Waals surface area contributed by atoms with E-state index in [-0.39, 0.29) is 18.3 Å². The third-order valence-electron chi connectivity index (χ3n) is 3.29. The van der Waals surface area contributed by atoms with Gasteiger partial charge in [-0.15, -0.1) is 0 Å². The van der Waals surface area contributed by atoms with Gasteiger partial charge in [-0.1, -0.05) is 15.9 Å². The van der Waals surface area contributed by atoms with Gasteiger partial charge in [0, 0.05) is 29.8 Å². The molecule has 0 bridgehead atoms. The Balaban J connectivity index is 2.30. The predicted octanol–water partition coefficient (Wildman–Crippen LogP) is 1.88. The van der Waals surface area contributed by atoms with Crippen LogP contribution in [0.4, 0.5) is 5.69 Å². The van der Waals surface area contributed by atoms with E-state index >= 15 is 0 Å². The van der Waals surface area contributed by atoms with Crippen molar-refractivity contribution in [2.24, 2.45) is 5.73 Å². The van der Waals surface area contributed by atoms with Crippen molar-refractivity contribution >= 4 is 21.6 Å². The van der Waals surface area contributed by atoms with Crippen LogP contribution in [0, 0.1) is 0 Å².